The van der Waals surface area contributed by atoms with E-state index in [1.807, 2.05) is 13.8 Å². The van der Waals surface area contributed by atoms with Gasteiger partial charge in [-0.05, 0) is 11.7 Å². The Morgan fingerprint density at radius 3 is 2.88 bits per heavy atom. The highest BCUT2D eigenvalue weighted by Gasteiger charge is 2.12. The van der Waals surface area contributed by atoms with Gasteiger partial charge >= 0.3 is 0 Å². The normalized spacial score (nSPS) is 11.0. The molecule has 0 N–H and O–H groups in total. The van der Waals surface area contributed by atoms with Gasteiger partial charge in [0.05, 0.1) is 12.2 Å². The van der Waals surface area contributed by atoms with Crippen molar-refractivity contribution < 1.29 is 9.32 Å². The summed E-state index contributed by atoms with van der Waals surface area (Å²) in [5, 5.41) is 3.83. The van der Waals surface area contributed by atoms with Gasteiger partial charge in [0.2, 0.25) is 5.89 Å². The van der Waals surface area contributed by atoms with Gasteiger partial charge in [-0.15, -0.1) is 0 Å². The fourth-order valence-electron chi connectivity index (χ4n) is 1.31. The molecule has 0 aromatic carbocycles. The molecule has 0 aliphatic rings. The molecule has 0 aliphatic heterocycles. The first-order valence-electron chi connectivity index (χ1n) is 5.52. The van der Waals surface area contributed by atoms with Crippen LogP contribution in [0.25, 0.3) is 0 Å². The topological polar surface area (TPSA) is 56.0 Å². The number of Topliss-reactive ketones (excluding diaryl/α,β-unsaturated/α-hetero) is 1. The predicted octanol–water partition coefficient (Wildman–Crippen LogP) is 2.48. The maximum atomic E-state index is 11.5. The van der Waals surface area contributed by atoms with E-state index in [0.29, 0.717) is 24.1 Å². The van der Waals surface area contributed by atoms with Crippen molar-refractivity contribution in [1.29, 1.82) is 0 Å². The first kappa shape index (κ1) is 13.2. The number of hydrogen-bond acceptors (Lipinski definition) is 5. The molecule has 1 rings (SSSR count). The molecule has 90 valence electrons. The molecule has 0 radical (unpaired) electrons. The van der Waals surface area contributed by atoms with E-state index in [1.165, 1.54) is 0 Å². The van der Waals surface area contributed by atoms with E-state index in [1.54, 1.807) is 11.8 Å². The lowest BCUT2D eigenvalue weighted by atomic mass is 10.1. The molecule has 16 heavy (non-hydrogen) atoms. The Balaban J connectivity index is 2.42. The molecule has 0 atom stereocenters. The molecule has 1 heterocycles. The maximum absolute atomic E-state index is 11.5. The minimum atomic E-state index is 0.161. The molecule has 1 aromatic heterocycles. The van der Waals surface area contributed by atoms with Crippen LogP contribution in [-0.2, 0) is 17.0 Å². The average Bonchev–Trinajstić information content (AvgIpc) is 2.61. The zero-order valence-corrected chi connectivity index (χ0v) is 10.8. The molecular weight excluding hydrogens is 224 g/mol. The summed E-state index contributed by atoms with van der Waals surface area (Å²) in [5.74, 6) is 3.43. The van der Waals surface area contributed by atoms with Crippen molar-refractivity contribution in [2.45, 2.75) is 39.4 Å². The van der Waals surface area contributed by atoms with Gasteiger partial charge in [-0.2, -0.15) is 16.7 Å². The number of carbonyl (C=O) groups is 1. The van der Waals surface area contributed by atoms with E-state index in [4.69, 9.17) is 4.52 Å². The monoisotopic (exact) mass is 242 g/mol. The van der Waals surface area contributed by atoms with Crippen LogP contribution in [-0.4, -0.2) is 21.7 Å². The van der Waals surface area contributed by atoms with E-state index in [2.05, 4.69) is 17.1 Å². The number of ketones is 1. The molecule has 0 saturated carbocycles. The SMILES string of the molecule is CCSCc1noc(CC(=O)CC(C)C)n1. The van der Waals surface area contributed by atoms with Gasteiger partial charge in [0.1, 0.15) is 5.78 Å². The summed E-state index contributed by atoms with van der Waals surface area (Å²) in [6, 6.07) is 0. The quantitative estimate of drug-likeness (QED) is 0.735. The molecule has 0 amide bonds. The lowest BCUT2D eigenvalue weighted by Gasteiger charge is -2.00. The van der Waals surface area contributed by atoms with Crippen LogP contribution in [0.1, 0.15) is 38.9 Å². The minimum Gasteiger partial charge on any atom is -0.339 e. The summed E-state index contributed by atoms with van der Waals surface area (Å²) >= 11 is 1.73. The molecular formula is C11H18N2O2S. The van der Waals surface area contributed by atoms with Crippen LogP contribution >= 0.6 is 11.8 Å². The van der Waals surface area contributed by atoms with Gasteiger partial charge in [0.25, 0.3) is 0 Å². The number of rotatable bonds is 7. The Labute approximate surface area is 100 Å². The fraction of sp³-hybridized carbons (Fsp3) is 0.727. The standard InChI is InChI=1S/C11H18N2O2S/c1-4-16-7-10-12-11(15-13-10)6-9(14)5-8(2)3/h8H,4-7H2,1-3H3. The summed E-state index contributed by atoms with van der Waals surface area (Å²) < 4.78 is 5.02. The third-order valence-electron chi connectivity index (χ3n) is 1.93. The van der Waals surface area contributed by atoms with Crippen molar-refractivity contribution in [2.24, 2.45) is 5.92 Å². The molecule has 0 aliphatic carbocycles. The first-order valence-corrected chi connectivity index (χ1v) is 6.68. The molecule has 4 nitrogen and oxygen atoms in total. The van der Waals surface area contributed by atoms with Crippen molar-refractivity contribution in [3.05, 3.63) is 11.7 Å². The van der Waals surface area contributed by atoms with Crippen LogP contribution < -0.4 is 0 Å². The van der Waals surface area contributed by atoms with E-state index in [9.17, 15) is 4.79 Å². The fourth-order valence-corrected chi connectivity index (χ4v) is 1.81. The largest absolute Gasteiger partial charge is 0.339 e. The highest BCUT2D eigenvalue weighted by atomic mass is 32.2. The van der Waals surface area contributed by atoms with Crippen LogP contribution in [0.4, 0.5) is 0 Å². The van der Waals surface area contributed by atoms with Gasteiger partial charge in [-0.3, -0.25) is 4.79 Å². The lowest BCUT2D eigenvalue weighted by Crippen LogP contribution is -2.06. The van der Waals surface area contributed by atoms with Crippen LogP contribution in [0.5, 0.6) is 0 Å². The Kier molecular flexibility index (Phi) is 5.52. The van der Waals surface area contributed by atoms with Gasteiger partial charge in [0, 0.05) is 6.42 Å². The zero-order valence-electron chi connectivity index (χ0n) is 10.0. The number of carbonyl (C=O) groups excluding carboxylic acids is 1. The number of hydrogen-bond donors (Lipinski definition) is 0. The molecule has 0 saturated heterocycles. The number of thioether (sulfide) groups is 1. The molecule has 1 aromatic rings. The van der Waals surface area contributed by atoms with Crippen LogP contribution in [0.2, 0.25) is 0 Å². The van der Waals surface area contributed by atoms with Crippen LogP contribution in [0, 0.1) is 5.92 Å². The average molecular weight is 242 g/mol. The lowest BCUT2D eigenvalue weighted by molar-refractivity contribution is -0.119. The highest BCUT2D eigenvalue weighted by Crippen LogP contribution is 2.10. The smallest absolute Gasteiger partial charge is 0.234 e. The van der Waals surface area contributed by atoms with E-state index < -0.39 is 0 Å². The third kappa shape index (κ3) is 4.79. The van der Waals surface area contributed by atoms with Crippen LogP contribution in [0.3, 0.4) is 0 Å². The highest BCUT2D eigenvalue weighted by molar-refractivity contribution is 7.98. The maximum Gasteiger partial charge on any atom is 0.234 e. The summed E-state index contributed by atoms with van der Waals surface area (Å²) in [6.07, 6.45) is 0.837. The second-order valence-corrected chi connectivity index (χ2v) is 5.33. The first-order chi connectivity index (χ1) is 7.61. The summed E-state index contributed by atoms with van der Waals surface area (Å²) in [6.45, 7) is 6.13. The predicted molar refractivity (Wildman–Crippen MR) is 64.3 cm³/mol. The van der Waals surface area contributed by atoms with Gasteiger partial charge in [-0.1, -0.05) is 25.9 Å². The van der Waals surface area contributed by atoms with Gasteiger partial charge in [-0.25, -0.2) is 0 Å². The Hall–Kier alpha value is -0.840. The zero-order chi connectivity index (χ0) is 12.0. The molecule has 0 unspecified atom stereocenters. The molecule has 0 bridgehead atoms. The van der Waals surface area contributed by atoms with Crippen LogP contribution in [0.15, 0.2) is 4.52 Å². The van der Waals surface area contributed by atoms with Gasteiger partial charge in [0.15, 0.2) is 5.82 Å². The van der Waals surface area contributed by atoms with Crippen molar-refractivity contribution >= 4 is 17.5 Å². The summed E-state index contributed by atoms with van der Waals surface area (Å²) in [7, 11) is 0. The Bertz CT molecular complexity index is 336. The molecule has 0 fully saturated rings. The van der Waals surface area contributed by atoms with E-state index in [0.717, 1.165) is 11.5 Å². The van der Waals surface area contributed by atoms with E-state index in [-0.39, 0.29) is 12.2 Å². The van der Waals surface area contributed by atoms with Crippen molar-refractivity contribution in [3.63, 3.8) is 0 Å². The Morgan fingerprint density at radius 2 is 2.25 bits per heavy atom. The second-order valence-electron chi connectivity index (χ2n) is 4.05. The Morgan fingerprint density at radius 1 is 1.50 bits per heavy atom. The summed E-state index contributed by atoms with van der Waals surface area (Å²) in [5.41, 5.74) is 0. The molecule has 5 heteroatoms. The minimum absolute atomic E-state index is 0.161. The second kappa shape index (κ2) is 6.68. The third-order valence-corrected chi connectivity index (χ3v) is 2.80. The molecule has 0 spiro atoms. The van der Waals surface area contributed by atoms with Gasteiger partial charge < -0.3 is 4.52 Å². The summed E-state index contributed by atoms with van der Waals surface area (Å²) in [4.78, 5) is 15.7. The van der Waals surface area contributed by atoms with E-state index >= 15 is 0 Å². The number of nitrogens with zero attached hydrogens (tertiary/aromatic N) is 2. The van der Waals surface area contributed by atoms with Crippen molar-refractivity contribution in [1.82, 2.24) is 10.1 Å². The van der Waals surface area contributed by atoms with Crippen molar-refractivity contribution in [3.8, 4) is 0 Å². The number of aromatic nitrogens is 2. The van der Waals surface area contributed by atoms with Crippen molar-refractivity contribution in [2.75, 3.05) is 5.75 Å².